The molecule has 0 bridgehead atoms. The predicted octanol–water partition coefficient (Wildman–Crippen LogP) is 2.67. The molecule has 6 heteroatoms. The van der Waals surface area contributed by atoms with Crippen LogP contribution in [-0.2, 0) is 0 Å². The largest absolute Gasteiger partial charge is 0.497 e. The number of hydrogen-bond donors (Lipinski definition) is 2. The molecule has 3 aromatic rings. The third-order valence-corrected chi connectivity index (χ3v) is 3.35. The predicted molar refractivity (Wildman–Crippen MR) is 80.8 cm³/mol. The average molecular weight is 298 g/mol. The summed E-state index contributed by atoms with van der Waals surface area (Å²) in [6.45, 7) is 0. The van der Waals surface area contributed by atoms with E-state index in [9.17, 15) is 4.39 Å². The third kappa shape index (κ3) is 2.82. The van der Waals surface area contributed by atoms with Crippen LogP contribution in [0.5, 0.6) is 5.75 Å². The Balaban J connectivity index is 1.87. The Bertz CT molecular complexity index is 770. The van der Waals surface area contributed by atoms with Crippen LogP contribution in [0.15, 0.2) is 48.5 Å². The van der Waals surface area contributed by atoms with Gasteiger partial charge in [-0.15, -0.1) is 0 Å². The Morgan fingerprint density at radius 1 is 1.18 bits per heavy atom. The second-order valence-corrected chi connectivity index (χ2v) is 4.81. The molecule has 1 atom stereocenters. The van der Waals surface area contributed by atoms with E-state index in [-0.39, 0.29) is 5.82 Å². The van der Waals surface area contributed by atoms with E-state index in [1.165, 1.54) is 12.1 Å². The number of aromatic nitrogens is 3. The summed E-state index contributed by atoms with van der Waals surface area (Å²) in [7, 11) is 1.60. The standard InChI is InChI=1S/C16H15FN4O/c1-22-13-4-2-3-11(9-13)14(18)16-19-15(20-21-16)10-5-7-12(17)8-6-10/h2-9,14H,18H2,1H3,(H,19,20,21). The molecule has 1 heterocycles. The van der Waals surface area contributed by atoms with Crippen molar-refractivity contribution in [3.05, 3.63) is 65.7 Å². The second-order valence-electron chi connectivity index (χ2n) is 4.81. The van der Waals surface area contributed by atoms with Crippen molar-refractivity contribution < 1.29 is 9.13 Å². The lowest BCUT2D eigenvalue weighted by Crippen LogP contribution is -2.13. The van der Waals surface area contributed by atoms with Crippen LogP contribution >= 0.6 is 0 Å². The van der Waals surface area contributed by atoms with E-state index in [0.29, 0.717) is 11.6 Å². The first-order valence-corrected chi connectivity index (χ1v) is 6.75. The lowest BCUT2D eigenvalue weighted by atomic mass is 10.1. The normalized spacial score (nSPS) is 12.1. The summed E-state index contributed by atoms with van der Waals surface area (Å²) in [6.07, 6.45) is 0. The number of hydrogen-bond acceptors (Lipinski definition) is 4. The highest BCUT2D eigenvalue weighted by atomic mass is 19.1. The van der Waals surface area contributed by atoms with Crippen molar-refractivity contribution in [3.8, 4) is 17.1 Å². The van der Waals surface area contributed by atoms with E-state index < -0.39 is 6.04 Å². The fourth-order valence-electron chi connectivity index (χ4n) is 2.13. The highest BCUT2D eigenvalue weighted by Crippen LogP contribution is 2.23. The van der Waals surface area contributed by atoms with E-state index in [2.05, 4.69) is 15.2 Å². The van der Waals surface area contributed by atoms with Gasteiger partial charge < -0.3 is 10.5 Å². The molecular weight excluding hydrogens is 283 g/mol. The van der Waals surface area contributed by atoms with Crippen LogP contribution in [0.2, 0.25) is 0 Å². The van der Waals surface area contributed by atoms with Crippen LogP contribution in [0.3, 0.4) is 0 Å². The second kappa shape index (κ2) is 5.95. The summed E-state index contributed by atoms with van der Waals surface area (Å²) >= 11 is 0. The number of halogens is 1. The molecule has 0 spiro atoms. The molecule has 0 saturated heterocycles. The molecule has 1 unspecified atom stereocenters. The molecule has 3 rings (SSSR count). The maximum absolute atomic E-state index is 12.9. The van der Waals surface area contributed by atoms with Crippen molar-refractivity contribution in [2.24, 2.45) is 5.73 Å². The quantitative estimate of drug-likeness (QED) is 0.776. The highest BCUT2D eigenvalue weighted by Gasteiger charge is 2.15. The van der Waals surface area contributed by atoms with Gasteiger partial charge in [-0.2, -0.15) is 5.10 Å². The monoisotopic (exact) mass is 298 g/mol. The lowest BCUT2D eigenvalue weighted by Gasteiger charge is -2.09. The van der Waals surface area contributed by atoms with Gasteiger partial charge in [0.2, 0.25) is 0 Å². The molecule has 22 heavy (non-hydrogen) atoms. The number of nitrogens with one attached hydrogen (secondary N) is 1. The Morgan fingerprint density at radius 2 is 1.95 bits per heavy atom. The average Bonchev–Trinajstić information content (AvgIpc) is 3.05. The number of nitrogens with two attached hydrogens (primary N) is 1. The summed E-state index contributed by atoms with van der Waals surface area (Å²) in [4.78, 5) is 4.39. The Hall–Kier alpha value is -2.73. The minimum absolute atomic E-state index is 0.299. The highest BCUT2D eigenvalue weighted by molar-refractivity contribution is 5.54. The van der Waals surface area contributed by atoms with Gasteiger partial charge in [0.1, 0.15) is 17.4 Å². The maximum atomic E-state index is 12.9. The molecule has 2 aromatic carbocycles. The number of aromatic amines is 1. The minimum Gasteiger partial charge on any atom is -0.497 e. The van der Waals surface area contributed by atoms with Gasteiger partial charge in [-0.25, -0.2) is 9.37 Å². The summed E-state index contributed by atoms with van der Waals surface area (Å²) in [5.74, 6) is 1.44. The molecule has 0 radical (unpaired) electrons. The first-order valence-electron chi connectivity index (χ1n) is 6.75. The molecule has 1 aromatic heterocycles. The van der Waals surface area contributed by atoms with E-state index in [4.69, 9.17) is 10.5 Å². The van der Waals surface area contributed by atoms with Gasteiger partial charge in [0, 0.05) is 5.56 Å². The first kappa shape index (κ1) is 14.2. The van der Waals surface area contributed by atoms with E-state index in [0.717, 1.165) is 16.9 Å². The summed E-state index contributed by atoms with van der Waals surface area (Å²) in [5.41, 5.74) is 7.79. The Kier molecular flexibility index (Phi) is 3.84. The van der Waals surface area contributed by atoms with Gasteiger partial charge in [0.25, 0.3) is 0 Å². The fraction of sp³-hybridized carbons (Fsp3) is 0.125. The van der Waals surface area contributed by atoms with Gasteiger partial charge in [0.15, 0.2) is 5.82 Å². The summed E-state index contributed by atoms with van der Waals surface area (Å²) in [6, 6.07) is 13.0. The van der Waals surface area contributed by atoms with Gasteiger partial charge in [0.05, 0.1) is 13.2 Å². The molecule has 0 saturated carbocycles. The molecule has 0 aliphatic heterocycles. The van der Waals surface area contributed by atoms with Crippen LogP contribution in [0, 0.1) is 5.82 Å². The topological polar surface area (TPSA) is 76.8 Å². The van der Waals surface area contributed by atoms with E-state index in [1.807, 2.05) is 24.3 Å². The van der Waals surface area contributed by atoms with Gasteiger partial charge in [-0.05, 0) is 42.0 Å². The molecule has 0 fully saturated rings. The van der Waals surface area contributed by atoms with E-state index >= 15 is 0 Å². The van der Waals surface area contributed by atoms with Crippen LogP contribution in [0.25, 0.3) is 11.4 Å². The van der Waals surface area contributed by atoms with E-state index in [1.54, 1.807) is 19.2 Å². The molecule has 0 amide bonds. The lowest BCUT2D eigenvalue weighted by molar-refractivity contribution is 0.414. The SMILES string of the molecule is COc1cccc(C(N)c2nc(-c3ccc(F)cc3)n[nH]2)c1. The molecule has 112 valence electrons. The minimum atomic E-state index is -0.447. The fourth-order valence-corrected chi connectivity index (χ4v) is 2.13. The summed E-state index contributed by atoms with van der Waals surface area (Å²) < 4.78 is 18.1. The molecule has 0 aliphatic carbocycles. The third-order valence-electron chi connectivity index (χ3n) is 3.35. The maximum Gasteiger partial charge on any atom is 0.181 e. The number of ether oxygens (including phenoxy) is 1. The smallest absolute Gasteiger partial charge is 0.181 e. The molecular formula is C16H15FN4O. The van der Waals surface area contributed by atoms with Gasteiger partial charge in [-0.3, -0.25) is 5.10 Å². The Labute approximate surface area is 127 Å². The van der Waals surface area contributed by atoms with Gasteiger partial charge >= 0.3 is 0 Å². The molecule has 5 nitrogen and oxygen atoms in total. The van der Waals surface area contributed by atoms with Crippen molar-refractivity contribution in [1.29, 1.82) is 0 Å². The van der Waals surface area contributed by atoms with Crippen LogP contribution in [-0.4, -0.2) is 22.3 Å². The van der Waals surface area contributed by atoms with Crippen molar-refractivity contribution in [1.82, 2.24) is 15.2 Å². The molecule has 3 N–H and O–H groups in total. The van der Waals surface area contributed by atoms with Crippen LogP contribution in [0.1, 0.15) is 17.4 Å². The van der Waals surface area contributed by atoms with Gasteiger partial charge in [-0.1, -0.05) is 12.1 Å². The van der Waals surface area contributed by atoms with Crippen molar-refractivity contribution >= 4 is 0 Å². The first-order chi connectivity index (χ1) is 10.7. The number of methoxy groups -OCH3 is 1. The molecule has 0 aliphatic rings. The van der Waals surface area contributed by atoms with Crippen molar-refractivity contribution in [2.45, 2.75) is 6.04 Å². The van der Waals surface area contributed by atoms with Crippen molar-refractivity contribution in [3.63, 3.8) is 0 Å². The number of benzene rings is 2. The van der Waals surface area contributed by atoms with Crippen molar-refractivity contribution in [2.75, 3.05) is 7.11 Å². The zero-order chi connectivity index (χ0) is 15.5. The number of H-pyrrole nitrogens is 1. The number of rotatable bonds is 4. The Morgan fingerprint density at radius 3 is 2.68 bits per heavy atom. The number of nitrogens with zero attached hydrogens (tertiary/aromatic N) is 2. The summed E-state index contributed by atoms with van der Waals surface area (Å²) in [5, 5.41) is 6.97. The zero-order valence-electron chi connectivity index (χ0n) is 12.0. The zero-order valence-corrected chi connectivity index (χ0v) is 12.0. The van der Waals surface area contributed by atoms with Crippen LogP contribution in [0.4, 0.5) is 4.39 Å². The van der Waals surface area contributed by atoms with Crippen LogP contribution < -0.4 is 10.5 Å².